The first-order chi connectivity index (χ1) is 13.6. The summed E-state index contributed by atoms with van der Waals surface area (Å²) in [5.41, 5.74) is 1.34. The van der Waals surface area contributed by atoms with Crippen LogP contribution in [0.1, 0.15) is 18.2 Å². The van der Waals surface area contributed by atoms with Crippen molar-refractivity contribution in [1.29, 1.82) is 0 Å². The molecule has 1 aliphatic rings. The number of carbonyl (C=O) groups excluding carboxylic acids is 1. The highest BCUT2D eigenvalue weighted by Gasteiger charge is 2.34. The molecule has 0 spiro atoms. The zero-order valence-corrected chi connectivity index (χ0v) is 15.4. The van der Waals surface area contributed by atoms with Gasteiger partial charge in [0.15, 0.2) is 17.3 Å². The van der Waals surface area contributed by atoms with E-state index in [0.29, 0.717) is 41.0 Å². The van der Waals surface area contributed by atoms with Crippen LogP contribution in [0.15, 0.2) is 47.0 Å². The molecule has 144 valence electrons. The second kappa shape index (κ2) is 7.30. The molecule has 1 aromatic heterocycles. The van der Waals surface area contributed by atoms with Gasteiger partial charge in [-0.2, -0.15) is 4.98 Å². The lowest BCUT2D eigenvalue weighted by atomic mass is 10.1. The molecular formula is C20H18FN3O4. The van der Waals surface area contributed by atoms with Gasteiger partial charge in [-0.05, 0) is 42.5 Å². The van der Waals surface area contributed by atoms with E-state index in [-0.39, 0.29) is 24.1 Å². The highest BCUT2D eigenvalue weighted by atomic mass is 19.1. The number of halogens is 1. The first kappa shape index (κ1) is 18.0. The van der Waals surface area contributed by atoms with E-state index >= 15 is 0 Å². The van der Waals surface area contributed by atoms with E-state index in [0.717, 1.165) is 0 Å². The molecule has 8 heteroatoms. The van der Waals surface area contributed by atoms with Gasteiger partial charge in [0.05, 0.1) is 14.2 Å². The summed E-state index contributed by atoms with van der Waals surface area (Å²) in [6, 6.07) is 11.1. The lowest BCUT2D eigenvalue weighted by Crippen LogP contribution is -2.24. The van der Waals surface area contributed by atoms with Gasteiger partial charge in [-0.3, -0.25) is 4.79 Å². The minimum atomic E-state index is -0.343. The molecule has 1 fully saturated rings. The van der Waals surface area contributed by atoms with Crippen molar-refractivity contribution in [3.63, 3.8) is 0 Å². The molecular weight excluding hydrogens is 365 g/mol. The van der Waals surface area contributed by atoms with Crippen LogP contribution in [-0.2, 0) is 4.79 Å². The van der Waals surface area contributed by atoms with Crippen LogP contribution in [0.5, 0.6) is 11.5 Å². The van der Waals surface area contributed by atoms with E-state index in [4.69, 9.17) is 14.0 Å². The Labute approximate surface area is 160 Å². The number of hydrogen-bond acceptors (Lipinski definition) is 6. The summed E-state index contributed by atoms with van der Waals surface area (Å²) in [5.74, 6) is 1.35. The number of nitrogens with zero attached hydrogens (tertiary/aromatic N) is 3. The molecule has 2 heterocycles. The van der Waals surface area contributed by atoms with Crippen LogP contribution in [0.3, 0.4) is 0 Å². The van der Waals surface area contributed by atoms with E-state index in [1.165, 1.54) is 12.1 Å². The molecule has 1 aliphatic heterocycles. The Morgan fingerprint density at radius 3 is 2.57 bits per heavy atom. The minimum Gasteiger partial charge on any atom is -0.493 e. The van der Waals surface area contributed by atoms with Crippen LogP contribution in [0.25, 0.3) is 11.5 Å². The van der Waals surface area contributed by atoms with Crippen LogP contribution >= 0.6 is 0 Å². The van der Waals surface area contributed by atoms with Gasteiger partial charge in [0.1, 0.15) is 5.82 Å². The Bertz CT molecular complexity index is 1000. The Morgan fingerprint density at radius 2 is 1.86 bits per heavy atom. The molecule has 1 amide bonds. The van der Waals surface area contributed by atoms with E-state index in [9.17, 15) is 9.18 Å². The molecule has 0 unspecified atom stereocenters. The van der Waals surface area contributed by atoms with Gasteiger partial charge in [0, 0.05) is 30.1 Å². The van der Waals surface area contributed by atoms with Crippen molar-refractivity contribution in [1.82, 2.24) is 10.1 Å². The molecule has 0 bridgehead atoms. The number of carbonyl (C=O) groups is 1. The van der Waals surface area contributed by atoms with Crippen molar-refractivity contribution in [3.05, 3.63) is 54.1 Å². The van der Waals surface area contributed by atoms with Crippen molar-refractivity contribution in [2.75, 3.05) is 25.7 Å². The molecule has 1 saturated heterocycles. The minimum absolute atomic E-state index is 0.0610. The van der Waals surface area contributed by atoms with Crippen LogP contribution < -0.4 is 14.4 Å². The topological polar surface area (TPSA) is 77.7 Å². The zero-order chi connectivity index (χ0) is 19.7. The molecule has 3 aromatic rings. The largest absolute Gasteiger partial charge is 0.493 e. The van der Waals surface area contributed by atoms with Gasteiger partial charge in [0.2, 0.25) is 5.91 Å². The summed E-state index contributed by atoms with van der Waals surface area (Å²) >= 11 is 0. The standard InChI is InChI=1S/C20H18FN3O4/c1-26-16-8-3-12(9-17(16)27-2)20-22-19(23-28-20)13-10-18(25)24(11-13)15-6-4-14(21)5-7-15/h3-9,13H,10-11H2,1-2H3/t13-/m0/s1. The van der Waals surface area contributed by atoms with Crippen molar-refractivity contribution in [3.8, 4) is 23.0 Å². The number of hydrogen-bond donors (Lipinski definition) is 0. The molecule has 0 aliphatic carbocycles. The number of ether oxygens (including phenoxy) is 2. The smallest absolute Gasteiger partial charge is 0.258 e. The molecule has 7 nitrogen and oxygen atoms in total. The Morgan fingerprint density at radius 1 is 1.11 bits per heavy atom. The Kier molecular flexibility index (Phi) is 4.68. The molecule has 0 saturated carbocycles. The maximum Gasteiger partial charge on any atom is 0.258 e. The first-order valence-electron chi connectivity index (χ1n) is 8.71. The molecule has 4 rings (SSSR count). The fourth-order valence-electron chi connectivity index (χ4n) is 3.24. The van der Waals surface area contributed by atoms with Crippen molar-refractivity contribution in [2.45, 2.75) is 12.3 Å². The van der Waals surface area contributed by atoms with Crippen molar-refractivity contribution >= 4 is 11.6 Å². The monoisotopic (exact) mass is 383 g/mol. The predicted molar refractivity (Wildman–Crippen MR) is 98.9 cm³/mol. The maximum atomic E-state index is 13.1. The average molecular weight is 383 g/mol. The number of methoxy groups -OCH3 is 2. The summed E-state index contributed by atoms with van der Waals surface area (Å²) in [6.07, 6.45) is 0.266. The van der Waals surface area contributed by atoms with Gasteiger partial charge < -0.3 is 18.9 Å². The quantitative estimate of drug-likeness (QED) is 0.672. The summed E-state index contributed by atoms with van der Waals surface area (Å²) in [5, 5.41) is 4.05. The number of aromatic nitrogens is 2. The summed E-state index contributed by atoms with van der Waals surface area (Å²) in [7, 11) is 3.11. The van der Waals surface area contributed by atoms with Gasteiger partial charge in [-0.25, -0.2) is 4.39 Å². The van der Waals surface area contributed by atoms with Crippen molar-refractivity contribution in [2.24, 2.45) is 0 Å². The molecule has 2 aromatic carbocycles. The SMILES string of the molecule is COc1ccc(-c2nc([C@H]3CC(=O)N(c4ccc(F)cc4)C3)no2)cc1OC. The highest BCUT2D eigenvalue weighted by molar-refractivity contribution is 5.96. The summed E-state index contributed by atoms with van der Waals surface area (Å²) in [6.45, 7) is 0.412. The normalized spacial score (nSPS) is 16.5. The van der Waals surface area contributed by atoms with E-state index in [1.54, 1.807) is 49.5 Å². The van der Waals surface area contributed by atoms with E-state index in [1.807, 2.05) is 0 Å². The number of amides is 1. The van der Waals surface area contributed by atoms with E-state index in [2.05, 4.69) is 10.1 Å². The number of benzene rings is 2. The number of anilines is 1. The summed E-state index contributed by atoms with van der Waals surface area (Å²) < 4.78 is 29.0. The molecule has 1 atom stereocenters. The fraction of sp³-hybridized carbons (Fsp3) is 0.250. The van der Waals surface area contributed by atoms with Gasteiger partial charge in [0.25, 0.3) is 5.89 Å². The van der Waals surface area contributed by atoms with Gasteiger partial charge >= 0.3 is 0 Å². The highest BCUT2D eigenvalue weighted by Crippen LogP contribution is 2.34. The third-order valence-corrected chi connectivity index (χ3v) is 4.70. The molecule has 0 N–H and O–H groups in total. The van der Waals surface area contributed by atoms with Gasteiger partial charge in [-0.1, -0.05) is 5.16 Å². The first-order valence-corrected chi connectivity index (χ1v) is 8.71. The van der Waals surface area contributed by atoms with Crippen LogP contribution in [0, 0.1) is 5.82 Å². The number of rotatable bonds is 5. The van der Waals surface area contributed by atoms with Crippen LogP contribution in [0.2, 0.25) is 0 Å². The third kappa shape index (κ3) is 3.28. The van der Waals surface area contributed by atoms with Crippen LogP contribution in [0.4, 0.5) is 10.1 Å². The average Bonchev–Trinajstić information content (AvgIpc) is 3.35. The van der Waals surface area contributed by atoms with Gasteiger partial charge in [-0.15, -0.1) is 0 Å². The Balaban J connectivity index is 1.55. The predicted octanol–water partition coefficient (Wildman–Crippen LogP) is 3.41. The maximum absolute atomic E-state index is 13.1. The zero-order valence-electron chi connectivity index (χ0n) is 15.4. The van der Waals surface area contributed by atoms with Crippen LogP contribution in [-0.4, -0.2) is 36.8 Å². The Hall–Kier alpha value is -3.42. The second-order valence-corrected chi connectivity index (χ2v) is 6.41. The third-order valence-electron chi connectivity index (χ3n) is 4.70. The molecule has 28 heavy (non-hydrogen) atoms. The lowest BCUT2D eigenvalue weighted by molar-refractivity contribution is -0.117. The second-order valence-electron chi connectivity index (χ2n) is 6.41. The lowest BCUT2D eigenvalue weighted by Gasteiger charge is -2.15. The van der Waals surface area contributed by atoms with E-state index < -0.39 is 0 Å². The fourth-order valence-corrected chi connectivity index (χ4v) is 3.24. The van der Waals surface area contributed by atoms with Crippen molar-refractivity contribution < 1.29 is 23.2 Å². The summed E-state index contributed by atoms with van der Waals surface area (Å²) in [4.78, 5) is 18.5. The molecule has 0 radical (unpaired) electrons.